The molecule has 0 bridgehead atoms. The number of hydrogen-bond donors (Lipinski definition) is 1. The molecule has 2 aromatic rings. The van der Waals surface area contributed by atoms with Crippen LogP contribution >= 0.6 is 0 Å². The molecule has 1 fully saturated rings. The molecule has 1 N–H and O–H groups in total. The summed E-state index contributed by atoms with van der Waals surface area (Å²) in [5.41, 5.74) is 1.19. The van der Waals surface area contributed by atoms with Crippen molar-refractivity contribution in [2.45, 2.75) is 12.5 Å². The molecule has 2 aromatic heterocycles. The summed E-state index contributed by atoms with van der Waals surface area (Å²) >= 11 is 0. The molecule has 0 saturated carbocycles. The molecule has 0 aromatic carbocycles. The molecule has 1 unspecified atom stereocenters. The molecule has 18 heavy (non-hydrogen) atoms. The molecule has 1 aliphatic heterocycles. The van der Waals surface area contributed by atoms with Crippen LogP contribution in [0.4, 0.5) is 0 Å². The maximum Gasteiger partial charge on any atom is 0.198 e. The van der Waals surface area contributed by atoms with Crippen LogP contribution in [0.15, 0.2) is 22.7 Å². The highest BCUT2D eigenvalue weighted by atomic mass is 32.2. The van der Waals surface area contributed by atoms with Crippen molar-refractivity contribution >= 4 is 21.1 Å². The summed E-state index contributed by atoms with van der Waals surface area (Å²) in [6.45, 7) is 0.492. The third-order valence-corrected chi connectivity index (χ3v) is 4.67. The van der Waals surface area contributed by atoms with Crippen LogP contribution < -0.4 is 5.32 Å². The van der Waals surface area contributed by atoms with Crippen molar-refractivity contribution in [3.05, 3.63) is 24.2 Å². The van der Waals surface area contributed by atoms with E-state index in [4.69, 9.17) is 4.42 Å². The molecule has 96 valence electrons. The minimum atomic E-state index is -2.93. The summed E-state index contributed by atoms with van der Waals surface area (Å²) in [6.07, 6.45) is 2.12. The van der Waals surface area contributed by atoms with Gasteiger partial charge in [-0.2, -0.15) is 4.98 Å². The highest BCUT2D eigenvalue weighted by Gasteiger charge is 2.25. The van der Waals surface area contributed by atoms with Crippen LogP contribution in [0, 0.1) is 0 Å². The van der Waals surface area contributed by atoms with Gasteiger partial charge in [-0.05, 0) is 12.1 Å². The van der Waals surface area contributed by atoms with Gasteiger partial charge in [0, 0.05) is 25.2 Å². The molecule has 0 radical (unpaired) electrons. The molecular weight excluding hydrogens is 254 g/mol. The maximum atomic E-state index is 11.5. The molecule has 1 saturated heterocycles. The third-order valence-electron chi connectivity index (χ3n) is 2.93. The van der Waals surface area contributed by atoms with Crippen molar-refractivity contribution < 1.29 is 12.8 Å². The maximum absolute atomic E-state index is 11.5. The van der Waals surface area contributed by atoms with E-state index < -0.39 is 9.84 Å². The zero-order valence-electron chi connectivity index (χ0n) is 9.67. The fourth-order valence-corrected chi connectivity index (χ4v) is 3.55. The lowest BCUT2D eigenvalue weighted by molar-refractivity contribution is 0.457. The first-order valence-corrected chi connectivity index (χ1v) is 7.59. The van der Waals surface area contributed by atoms with E-state index in [0.29, 0.717) is 30.1 Å². The SMILES string of the molecule is O=S1(=O)CCNC(Cc2nc3ncccc3o2)C1. The second-order valence-electron chi connectivity index (χ2n) is 4.40. The number of fused-ring (bicyclic) bond motifs is 1. The number of nitrogens with one attached hydrogen (secondary N) is 1. The average Bonchev–Trinajstić information content (AvgIpc) is 2.69. The average molecular weight is 267 g/mol. The van der Waals surface area contributed by atoms with E-state index in [1.165, 1.54) is 0 Å². The van der Waals surface area contributed by atoms with E-state index >= 15 is 0 Å². The summed E-state index contributed by atoms with van der Waals surface area (Å²) in [4.78, 5) is 8.32. The largest absolute Gasteiger partial charge is 0.439 e. The van der Waals surface area contributed by atoms with Gasteiger partial charge in [0.05, 0.1) is 11.5 Å². The van der Waals surface area contributed by atoms with Crippen molar-refractivity contribution in [2.75, 3.05) is 18.1 Å². The summed E-state index contributed by atoms with van der Waals surface area (Å²) in [5, 5.41) is 3.17. The molecule has 3 heterocycles. The Labute approximate surface area is 104 Å². The van der Waals surface area contributed by atoms with Crippen LogP contribution in [-0.4, -0.2) is 42.5 Å². The number of pyridine rings is 1. The van der Waals surface area contributed by atoms with E-state index in [9.17, 15) is 8.42 Å². The van der Waals surface area contributed by atoms with E-state index in [1.54, 1.807) is 18.3 Å². The normalized spacial score (nSPS) is 23.2. The first-order valence-electron chi connectivity index (χ1n) is 5.77. The van der Waals surface area contributed by atoms with Crippen molar-refractivity contribution in [3.8, 4) is 0 Å². The van der Waals surface area contributed by atoms with E-state index in [-0.39, 0.29) is 17.5 Å². The van der Waals surface area contributed by atoms with Gasteiger partial charge < -0.3 is 9.73 Å². The number of aromatic nitrogens is 2. The van der Waals surface area contributed by atoms with Crippen molar-refractivity contribution in [1.29, 1.82) is 0 Å². The molecule has 0 amide bonds. The Balaban J connectivity index is 1.80. The lowest BCUT2D eigenvalue weighted by atomic mass is 10.2. The summed E-state index contributed by atoms with van der Waals surface area (Å²) in [7, 11) is -2.93. The van der Waals surface area contributed by atoms with Crippen molar-refractivity contribution in [2.24, 2.45) is 0 Å². The molecule has 1 aliphatic rings. The van der Waals surface area contributed by atoms with Crippen LogP contribution in [0.5, 0.6) is 0 Å². The Bertz CT molecular complexity index is 632. The Morgan fingerprint density at radius 3 is 3.17 bits per heavy atom. The Kier molecular flexibility index (Phi) is 2.79. The van der Waals surface area contributed by atoms with Gasteiger partial charge in [0.25, 0.3) is 0 Å². The molecule has 3 rings (SSSR count). The smallest absolute Gasteiger partial charge is 0.198 e. The van der Waals surface area contributed by atoms with Crippen molar-refractivity contribution in [3.63, 3.8) is 0 Å². The fraction of sp³-hybridized carbons (Fsp3) is 0.455. The van der Waals surface area contributed by atoms with E-state index in [0.717, 1.165) is 0 Å². The molecule has 1 atom stereocenters. The standard InChI is InChI=1S/C11H13N3O3S/c15-18(16)5-4-12-8(7-18)6-10-14-11-9(17-10)2-1-3-13-11/h1-3,8,12H,4-7H2. The van der Waals surface area contributed by atoms with Crippen LogP contribution in [0.3, 0.4) is 0 Å². The number of rotatable bonds is 2. The van der Waals surface area contributed by atoms with Gasteiger partial charge in [-0.25, -0.2) is 13.4 Å². The minimum absolute atomic E-state index is 0.128. The quantitative estimate of drug-likeness (QED) is 0.833. The lowest BCUT2D eigenvalue weighted by Crippen LogP contribution is -2.46. The monoisotopic (exact) mass is 267 g/mol. The van der Waals surface area contributed by atoms with Gasteiger partial charge in [-0.15, -0.1) is 0 Å². The topological polar surface area (TPSA) is 85.1 Å². The van der Waals surface area contributed by atoms with Crippen LogP contribution in [0.2, 0.25) is 0 Å². The minimum Gasteiger partial charge on any atom is -0.439 e. The first kappa shape index (κ1) is 11.6. The zero-order valence-corrected chi connectivity index (χ0v) is 10.5. The predicted molar refractivity (Wildman–Crippen MR) is 66.0 cm³/mol. The van der Waals surface area contributed by atoms with Gasteiger partial charge >= 0.3 is 0 Å². The Morgan fingerprint density at radius 2 is 2.39 bits per heavy atom. The number of oxazole rings is 1. The van der Waals surface area contributed by atoms with E-state index in [2.05, 4.69) is 15.3 Å². The van der Waals surface area contributed by atoms with Gasteiger partial charge in [0.2, 0.25) is 0 Å². The van der Waals surface area contributed by atoms with Crippen LogP contribution in [-0.2, 0) is 16.3 Å². The van der Waals surface area contributed by atoms with Crippen molar-refractivity contribution in [1.82, 2.24) is 15.3 Å². The fourth-order valence-electron chi connectivity index (χ4n) is 2.11. The number of hydrogen-bond acceptors (Lipinski definition) is 6. The Morgan fingerprint density at radius 1 is 1.50 bits per heavy atom. The molecule has 7 heteroatoms. The summed E-state index contributed by atoms with van der Waals surface area (Å²) in [5.74, 6) is 0.871. The summed E-state index contributed by atoms with van der Waals surface area (Å²) < 4.78 is 28.6. The first-order chi connectivity index (χ1) is 8.62. The van der Waals surface area contributed by atoms with E-state index in [1.807, 2.05) is 0 Å². The number of nitrogens with zero attached hydrogens (tertiary/aromatic N) is 2. The highest BCUT2D eigenvalue weighted by molar-refractivity contribution is 7.91. The molecular formula is C11H13N3O3S. The predicted octanol–water partition coefficient (Wildman–Crippen LogP) is 0.152. The second kappa shape index (κ2) is 4.33. The Hall–Kier alpha value is -1.47. The number of sulfone groups is 1. The third kappa shape index (κ3) is 2.37. The summed E-state index contributed by atoms with van der Waals surface area (Å²) in [6, 6.07) is 3.45. The van der Waals surface area contributed by atoms with Crippen LogP contribution in [0.25, 0.3) is 11.2 Å². The second-order valence-corrected chi connectivity index (χ2v) is 6.63. The van der Waals surface area contributed by atoms with Gasteiger partial charge in [0.1, 0.15) is 0 Å². The van der Waals surface area contributed by atoms with Gasteiger partial charge in [0.15, 0.2) is 27.0 Å². The lowest BCUT2D eigenvalue weighted by Gasteiger charge is -2.22. The molecule has 0 aliphatic carbocycles. The highest BCUT2D eigenvalue weighted by Crippen LogP contribution is 2.15. The molecule has 0 spiro atoms. The van der Waals surface area contributed by atoms with Gasteiger partial charge in [-0.3, -0.25) is 0 Å². The zero-order chi connectivity index (χ0) is 12.6. The molecule has 6 nitrogen and oxygen atoms in total. The van der Waals surface area contributed by atoms with Gasteiger partial charge in [-0.1, -0.05) is 0 Å². The van der Waals surface area contributed by atoms with Crippen LogP contribution in [0.1, 0.15) is 5.89 Å².